The Morgan fingerprint density at radius 1 is 0.952 bits per heavy atom. The van der Waals surface area contributed by atoms with Gasteiger partial charge in [-0.2, -0.15) is 0 Å². The highest BCUT2D eigenvalue weighted by Gasteiger charge is 2.17. The summed E-state index contributed by atoms with van der Waals surface area (Å²) in [5.74, 6) is 0.0390. The van der Waals surface area contributed by atoms with Crippen molar-refractivity contribution in [2.75, 3.05) is 0 Å². The van der Waals surface area contributed by atoms with Gasteiger partial charge in [0, 0.05) is 12.1 Å². The summed E-state index contributed by atoms with van der Waals surface area (Å²) in [6, 6.07) is 14.7. The molecule has 0 aliphatic carbocycles. The molecule has 2 aromatic rings. The molecule has 0 unspecified atom stereocenters. The van der Waals surface area contributed by atoms with Crippen LogP contribution in [0, 0.1) is 0 Å². The van der Waals surface area contributed by atoms with Crippen LogP contribution in [0.4, 0.5) is 0 Å². The number of carbonyl (C=O) groups is 1. The van der Waals surface area contributed by atoms with Gasteiger partial charge in [-0.05, 0) is 44.0 Å². The van der Waals surface area contributed by atoms with Crippen LogP contribution in [-0.2, 0) is 4.79 Å². The lowest BCUT2D eigenvalue weighted by Crippen LogP contribution is -2.45. The highest BCUT2D eigenvalue weighted by molar-refractivity contribution is 5.86. The summed E-state index contributed by atoms with van der Waals surface area (Å²) in [7, 11) is 0. The van der Waals surface area contributed by atoms with Crippen LogP contribution in [0.2, 0.25) is 0 Å². The van der Waals surface area contributed by atoms with Gasteiger partial charge >= 0.3 is 0 Å². The Balaban J connectivity index is 2.15. The van der Waals surface area contributed by atoms with Gasteiger partial charge in [-0.25, -0.2) is 0 Å². The van der Waals surface area contributed by atoms with Crippen molar-refractivity contribution >= 4 is 16.7 Å². The average Bonchev–Trinajstić information content (AvgIpc) is 2.45. The molecule has 3 nitrogen and oxygen atoms in total. The first-order valence-electron chi connectivity index (χ1n) is 7.53. The number of hydrogen-bond acceptors (Lipinski definition) is 2. The molecule has 0 fully saturated rings. The zero-order valence-corrected chi connectivity index (χ0v) is 13.2. The summed E-state index contributed by atoms with van der Waals surface area (Å²) in [4.78, 5) is 12.0. The van der Waals surface area contributed by atoms with E-state index < -0.39 is 0 Å². The quantitative estimate of drug-likeness (QED) is 0.883. The second kappa shape index (κ2) is 6.72. The number of benzene rings is 2. The standard InChI is InChI=1S/C18H24N2O/c1-12(2)19-18(21)14(4)20-13(3)16-11-7-9-15-8-5-6-10-17(15)16/h5-14,20H,1-4H3,(H,19,21)/t13-,14+/m0/s1. The zero-order chi connectivity index (χ0) is 15.4. The molecule has 0 spiro atoms. The first kappa shape index (κ1) is 15.5. The Bertz CT molecular complexity index is 616. The molecule has 0 aliphatic rings. The maximum absolute atomic E-state index is 12.0. The summed E-state index contributed by atoms with van der Waals surface area (Å²) in [5.41, 5.74) is 1.22. The Hall–Kier alpha value is -1.87. The van der Waals surface area contributed by atoms with Crippen molar-refractivity contribution in [2.45, 2.75) is 45.8 Å². The molecule has 21 heavy (non-hydrogen) atoms. The Labute approximate surface area is 126 Å². The smallest absolute Gasteiger partial charge is 0.237 e. The van der Waals surface area contributed by atoms with Crippen LogP contribution in [0.3, 0.4) is 0 Å². The third kappa shape index (κ3) is 3.82. The average molecular weight is 284 g/mol. The van der Waals surface area contributed by atoms with E-state index in [0.29, 0.717) is 0 Å². The minimum atomic E-state index is -0.221. The van der Waals surface area contributed by atoms with Crippen molar-refractivity contribution in [1.82, 2.24) is 10.6 Å². The van der Waals surface area contributed by atoms with Gasteiger partial charge in [-0.1, -0.05) is 42.5 Å². The lowest BCUT2D eigenvalue weighted by Gasteiger charge is -2.22. The summed E-state index contributed by atoms with van der Waals surface area (Å²) >= 11 is 0. The van der Waals surface area contributed by atoms with Gasteiger partial charge in [0.1, 0.15) is 0 Å². The molecule has 0 bridgehead atoms. The van der Waals surface area contributed by atoms with Crippen LogP contribution < -0.4 is 10.6 Å². The highest BCUT2D eigenvalue weighted by Crippen LogP contribution is 2.24. The summed E-state index contributed by atoms with van der Waals surface area (Å²) in [5, 5.41) is 8.77. The largest absolute Gasteiger partial charge is 0.353 e. The Morgan fingerprint density at radius 3 is 2.33 bits per heavy atom. The van der Waals surface area contributed by atoms with Crippen LogP contribution in [0.25, 0.3) is 10.8 Å². The number of amides is 1. The number of nitrogens with one attached hydrogen (secondary N) is 2. The number of rotatable bonds is 5. The number of hydrogen-bond donors (Lipinski definition) is 2. The van der Waals surface area contributed by atoms with Gasteiger partial charge in [-0.15, -0.1) is 0 Å². The predicted octanol–water partition coefficient (Wildman–Crippen LogP) is 3.40. The van der Waals surface area contributed by atoms with E-state index in [9.17, 15) is 4.79 Å². The Morgan fingerprint density at radius 2 is 1.62 bits per heavy atom. The molecular formula is C18H24N2O. The van der Waals surface area contributed by atoms with Crippen molar-refractivity contribution in [3.05, 3.63) is 48.0 Å². The van der Waals surface area contributed by atoms with Gasteiger partial charge in [-0.3, -0.25) is 10.1 Å². The van der Waals surface area contributed by atoms with Crippen molar-refractivity contribution in [2.24, 2.45) is 0 Å². The second-order valence-corrected chi connectivity index (χ2v) is 5.84. The molecule has 0 saturated heterocycles. The SMILES string of the molecule is CC(C)NC(=O)[C@@H](C)N[C@@H](C)c1cccc2ccccc12. The topological polar surface area (TPSA) is 41.1 Å². The Kier molecular flexibility index (Phi) is 4.97. The number of fused-ring (bicyclic) bond motifs is 1. The normalized spacial score (nSPS) is 14.1. The van der Waals surface area contributed by atoms with Gasteiger partial charge in [0.2, 0.25) is 5.91 Å². The molecule has 2 rings (SSSR count). The van der Waals surface area contributed by atoms with E-state index in [-0.39, 0.29) is 24.0 Å². The molecule has 0 aliphatic heterocycles. The van der Waals surface area contributed by atoms with E-state index in [2.05, 4.69) is 47.9 Å². The maximum atomic E-state index is 12.0. The van der Waals surface area contributed by atoms with E-state index in [1.165, 1.54) is 16.3 Å². The van der Waals surface area contributed by atoms with E-state index in [1.807, 2.05) is 32.9 Å². The first-order chi connectivity index (χ1) is 9.99. The van der Waals surface area contributed by atoms with E-state index in [0.717, 1.165) is 0 Å². The molecule has 0 radical (unpaired) electrons. The lowest BCUT2D eigenvalue weighted by atomic mass is 9.99. The van der Waals surface area contributed by atoms with Crippen molar-refractivity contribution in [3.63, 3.8) is 0 Å². The monoisotopic (exact) mass is 284 g/mol. The van der Waals surface area contributed by atoms with Crippen molar-refractivity contribution < 1.29 is 4.79 Å². The van der Waals surface area contributed by atoms with Gasteiger partial charge in [0.25, 0.3) is 0 Å². The van der Waals surface area contributed by atoms with Gasteiger partial charge in [0.05, 0.1) is 6.04 Å². The van der Waals surface area contributed by atoms with Crippen LogP contribution in [0.1, 0.15) is 39.3 Å². The molecule has 3 heteroatoms. The van der Waals surface area contributed by atoms with Crippen LogP contribution in [0.5, 0.6) is 0 Å². The van der Waals surface area contributed by atoms with Crippen LogP contribution >= 0.6 is 0 Å². The van der Waals surface area contributed by atoms with Gasteiger partial charge in [0.15, 0.2) is 0 Å². The summed E-state index contributed by atoms with van der Waals surface area (Å²) < 4.78 is 0. The molecule has 1 amide bonds. The minimum Gasteiger partial charge on any atom is -0.353 e. The van der Waals surface area contributed by atoms with Crippen molar-refractivity contribution in [1.29, 1.82) is 0 Å². The fourth-order valence-corrected chi connectivity index (χ4v) is 2.58. The number of carbonyl (C=O) groups excluding carboxylic acids is 1. The van der Waals surface area contributed by atoms with Crippen LogP contribution in [0.15, 0.2) is 42.5 Å². The van der Waals surface area contributed by atoms with Crippen LogP contribution in [-0.4, -0.2) is 18.0 Å². The third-order valence-electron chi connectivity index (χ3n) is 3.61. The molecule has 2 aromatic carbocycles. The molecule has 2 N–H and O–H groups in total. The van der Waals surface area contributed by atoms with E-state index >= 15 is 0 Å². The molecule has 2 atom stereocenters. The molecular weight excluding hydrogens is 260 g/mol. The van der Waals surface area contributed by atoms with E-state index in [4.69, 9.17) is 0 Å². The van der Waals surface area contributed by atoms with Crippen molar-refractivity contribution in [3.8, 4) is 0 Å². The summed E-state index contributed by atoms with van der Waals surface area (Å²) in [6.07, 6.45) is 0. The molecule has 0 aromatic heterocycles. The van der Waals surface area contributed by atoms with E-state index in [1.54, 1.807) is 0 Å². The molecule has 0 saturated carbocycles. The van der Waals surface area contributed by atoms with Gasteiger partial charge < -0.3 is 5.32 Å². The summed E-state index contributed by atoms with van der Waals surface area (Å²) in [6.45, 7) is 7.94. The highest BCUT2D eigenvalue weighted by atomic mass is 16.2. The fraction of sp³-hybridized carbons (Fsp3) is 0.389. The maximum Gasteiger partial charge on any atom is 0.237 e. The molecule has 0 heterocycles. The first-order valence-corrected chi connectivity index (χ1v) is 7.53. The second-order valence-electron chi connectivity index (χ2n) is 5.84. The third-order valence-corrected chi connectivity index (χ3v) is 3.61. The fourth-order valence-electron chi connectivity index (χ4n) is 2.58. The lowest BCUT2D eigenvalue weighted by molar-refractivity contribution is -0.123. The zero-order valence-electron chi connectivity index (χ0n) is 13.2. The molecule has 112 valence electrons. The predicted molar refractivity (Wildman–Crippen MR) is 88.2 cm³/mol. The minimum absolute atomic E-state index is 0.0390.